The highest BCUT2D eigenvalue weighted by Crippen LogP contribution is 2.27. The van der Waals surface area contributed by atoms with Crippen LogP contribution in [-0.2, 0) is 6.18 Å². The van der Waals surface area contributed by atoms with Crippen molar-refractivity contribution in [2.45, 2.75) is 6.18 Å². The number of alkyl halides is 3. The third-order valence-electron chi connectivity index (χ3n) is 1.12. The van der Waals surface area contributed by atoms with Crippen LogP contribution in [0.2, 0.25) is 0 Å². The molecule has 2 N–H and O–H groups in total. The van der Waals surface area contributed by atoms with E-state index in [1.165, 1.54) is 0 Å². The third-order valence-corrected chi connectivity index (χ3v) is 1.12. The average Bonchev–Trinajstić information content (AvgIpc) is 2.01. The van der Waals surface area contributed by atoms with Crippen LogP contribution in [0.3, 0.4) is 0 Å². The van der Waals surface area contributed by atoms with Gasteiger partial charge in [-0.3, -0.25) is 0 Å². The zero-order chi connectivity index (χ0) is 10.8. The standard InChI is InChI=1S/C6H4F3N3O2/c7-6(8,9)3-1-2-11-5(12-3)14-4(10)13/h1-2H,(H2,10,13). The zero-order valence-corrected chi connectivity index (χ0v) is 6.58. The molecule has 0 radical (unpaired) electrons. The Morgan fingerprint density at radius 1 is 1.50 bits per heavy atom. The van der Waals surface area contributed by atoms with Crippen molar-refractivity contribution in [3.63, 3.8) is 0 Å². The van der Waals surface area contributed by atoms with E-state index >= 15 is 0 Å². The van der Waals surface area contributed by atoms with Crippen LogP contribution in [0.15, 0.2) is 12.3 Å². The van der Waals surface area contributed by atoms with Gasteiger partial charge in [-0.05, 0) is 6.07 Å². The van der Waals surface area contributed by atoms with Crippen molar-refractivity contribution in [3.05, 3.63) is 18.0 Å². The smallest absolute Gasteiger partial charge is 0.374 e. The van der Waals surface area contributed by atoms with E-state index in [2.05, 4.69) is 20.4 Å². The number of carbonyl (C=O) groups is 1. The van der Waals surface area contributed by atoms with Crippen LogP contribution in [0.1, 0.15) is 5.69 Å². The van der Waals surface area contributed by atoms with Crippen molar-refractivity contribution in [3.8, 4) is 6.01 Å². The van der Waals surface area contributed by atoms with Gasteiger partial charge in [-0.25, -0.2) is 9.78 Å². The molecule has 0 bridgehead atoms. The molecule has 0 aliphatic carbocycles. The van der Waals surface area contributed by atoms with E-state index in [-0.39, 0.29) is 0 Å². The number of ether oxygens (including phenoxy) is 1. The van der Waals surface area contributed by atoms with Crippen LogP contribution >= 0.6 is 0 Å². The maximum Gasteiger partial charge on any atom is 0.433 e. The quantitative estimate of drug-likeness (QED) is 0.743. The summed E-state index contributed by atoms with van der Waals surface area (Å²) in [6, 6.07) is -0.0826. The third kappa shape index (κ3) is 2.57. The fourth-order valence-corrected chi connectivity index (χ4v) is 0.638. The fraction of sp³-hybridized carbons (Fsp3) is 0.167. The fourth-order valence-electron chi connectivity index (χ4n) is 0.638. The summed E-state index contributed by atoms with van der Waals surface area (Å²) in [5.41, 5.74) is 3.36. The van der Waals surface area contributed by atoms with Gasteiger partial charge in [0.05, 0.1) is 0 Å². The molecule has 8 heteroatoms. The highest BCUT2D eigenvalue weighted by Gasteiger charge is 2.33. The first-order valence-electron chi connectivity index (χ1n) is 3.27. The number of hydrogen-bond acceptors (Lipinski definition) is 4. The molecule has 0 fully saturated rings. The number of rotatable bonds is 1. The van der Waals surface area contributed by atoms with Crippen molar-refractivity contribution in [1.29, 1.82) is 0 Å². The number of halogens is 3. The molecule has 1 heterocycles. The Bertz CT molecular complexity index is 352. The SMILES string of the molecule is NC(=O)Oc1nccc(C(F)(F)F)n1. The number of amides is 1. The lowest BCUT2D eigenvalue weighted by atomic mass is 10.4. The average molecular weight is 207 g/mol. The van der Waals surface area contributed by atoms with Crippen LogP contribution in [-0.4, -0.2) is 16.1 Å². The Kier molecular flexibility index (Phi) is 2.54. The van der Waals surface area contributed by atoms with E-state index in [1.807, 2.05) is 0 Å². The summed E-state index contributed by atoms with van der Waals surface area (Å²) in [6.07, 6.45) is -5.07. The molecular formula is C6H4F3N3O2. The van der Waals surface area contributed by atoms with Gasteiger partial charge in [0.25, 0.3) is 0 Å². The summed E-state index contributed by atoms with van der Waals surface area (Å²) in [5, 5.41) is 0. The molecule has 0 spiro atoms. The van der Waals surface area contributed by atoms with E-state index < -0.39 is 24.0 Å². The van der Waals surface area contributed by atoms with Crippen LogP contribution in [0, 0.1) is 0 Å². The maximum absolute atomic E-state index is 12.0. The first-order chi connectivity index (χ1) is 6.39. The molecule has 0 saturated carbocycles. The van der Waals surface area contributed by atoms with E-state index in [0.717, 1.165) is 6.20 Å². The molecule has 5 nitrogen and oxygen atoms in total. The first-order valence-corrected chi connectivity index (χ1v) is 3.27. The van der Waals surface area contributed by atoms with E-state index in [1.54, 1.807) is 0 Å². The number of hydrogen-bond donors (Lipinski definition) is 1. The van der Waals surface area contributed by atoms with Crippen LogP contribution in [0.5, 0.6) is 6.01 Å². The molecule has 1 amide bonds. The van der Waals surface area contributed by atoms with Crippen molar-refractivity contribution >= 4 is 6.09 Å². The molecule has 0 saturated heterocycles. The van der Waals surface area contributed by atoms with Crippen LogP contribution < -0.4 is 10.5 Å². The van der Waals surface area contributed by atoms with Gasteiger partial charge >= 0.3 is 18.3 Å². The topological polar surface area (TPSA) is 78.1 Å². The second-order valence-electron chi connectivity index (χ2n) is 2.14. The highest BCUT2D eigenvalue weighted by atomic mass is 19.4. The summed E-state index contributed by atoms with van der Waals surface area (Å²) in [7, 11) is 0. The van der Waals surface area contributed by atoms with Gasteiger partial charge in [-0.15, -0.1) is 0 Å². The minimum atomic E-state index is -4.61. The van der Waals surface area contributed by atoms with Gasteiger partial charge in [0.15, 0.2) is 5.69 Å². The van der Waals surface area contributed by atoms with Crippen molar-refractivity contribution in [2.24, 2.45) is 5.73 Å². The molecule has 1 rings (SSSR count). The second-order valence-corrected chi connectivity index (χ2v) is 2.14. The number of nitrogens with two attached hydrogens (primary N) is 1. The van der Waals surface area contributed by atoms with Gasteiger partial charge in [-0.1, -0.05) is 0 Å². The molecule has 0 aliphatic heterocycles. The molecule has 0 atom stereocenters. The predicted molar refractivity (Wildman–Crippen MR) is 37.2 cm³/mol. The Morgan fingerprint density at radius 2 is 2.14 bits per heavy atom. The number of primary amides is 1. The van der Waals surface area contributed by atoms with Crippen molar-refractivity contribution in [1.82, 2.24) is 9.97 Å². The number of aromatic nitrogens is 2. The summed E-state index contributed by atoms with van der Waals surface area (Å²) >= 11 is 0. The molecule has 0 aliphatic rings. The van der Waals surface area contributed by atoms with Crippen molar-refractivity contribution in [2.75, 3.05) is 0 Å². The second kappa shape index (κ2) is 3.48. The molecule has 0 unspecified atom stereocenters. The van der Waals surface area contributed by atoms with Gasteiger partial charge < -0.3 is 10.5 Å². The Labute approximate surface area is 75.7 Å². The normalized spacial score (nSPS) is 11.1. The molecule has 1 aromatic heterocycles. The van der Waals surface area contributed by atoms with Gasteiger partial charge in [0.1, 0.15) is 0 Å². The Hall–Kier alpha value is -1.86. The summed E-state index contributed by atoms with van der Waals surface area (Å²) in [5.74, 6) is 0. The van der Waals surface area contributed by atoms with Gasteiger partial charge in [0, 0.05) is 6.20 Å². The first kappa shape index (κ1) is 10.2. The Balaban J connectivity index is 2.95. The summed E-state index contributed by atoms with van der Waals surface area (Å²) < 4.78 is 40.2. The lowest BCUT2D eigenvalue weighted by molar-refractivity contribution is -0.141. The van der Waals surface area contributed by atoms with Crippen LogP contribution in [0.25, 0.3) is 0 Å². The largest absolute Gasteiger partial charge is 0.433 e. The molecule has 76 valence electrons. The monoisotopic (exact) mass is 207 g/mol. The molecule has 0 aromatic carbocycles. The van der Waals surface area contributed by atoms with E-state index in [9.17, 15) is 18.0 Å². The van der Waals surface area contributed by atoms with Crippen LogP contribution in [0.4, 0.5) is 18.0 Å². The molecule has 1 aromatic rings. The number of carbonyl (C=O) groups excluding carboxylic acids is 1. The maximum atomic E-state index is 12.0. The minimum Gasteiger partial charge on any atom is -0.374 e. The molecule has 14 heavy (non-hydrogen) atoms. The van der Waals surface area contributed by atoms with Gasteiger partial charge in [-0.2, -0.15) is 18.2 Å². The Morgan fingerprint density at radius 3 is 2.64 bits per heavy atom. The lowest BCUT2D eigenvalue weighted by Crippen LogP contribution is -2.19. The van der Waals surface area contributed by atoms with Gasteiger partial charge in [0.2, 0.25) is 0 Å². The minimum absolute atomic E-state index is 0.647. The lowest BCUT2D eigenvalue weighted by Gasteiger charge is -2.05. The van der Waals surface area contributed by atoms with Crippen molar-refractivity contribution < 1.29 is 22.7 Å². The summed E-state index contributed by atoms with van der Waals surface area (Å²) in [4.78, 5) is 16.4. The summed E-state index contributed by atoms with van der Waals surface area (Å²) in [6.45, 7) is 0. The zero-order valence-electron chi connectivity index (χ0n) is 6.58. The van der Waals surface area contributed by atoms with E-state index in [0.29, 0.717) is 6.07 Å². The predicted octanol–water partition coefficient (Wildman–Crippen LogP) is 0.953. The number of nitrogens with zero attached hydrogens (tertiary/aromatic N) is 2. The molecular weight excluding hydrogens is 203 g/mol. The van der Waals surface area contributed by atoms with E-state index in [4.69, 9.17) is 0 Å². The highest BCUT2D eigenvalue weighted by molar-refractivity contribution is 5.66.